The minimum absolute atomic E-state index is 0.147. The minimum atomic E-state index is -0.541. The largest absolute Gasteiger partial charge is 0.465 e. The van der Waals surface area contributed by atoms with Crippen LogP contribution in [0.2, 0.25) is 0 Å². The Hall–Kier alpha value is -3.54. The number of fused-ring (bicyclic) bond motifs is 1. The number of rotatable bonds is 3. The van der Waals surface area contributed by atoms with E-state index in [1.54, 1.807) is 49.1 Å². The number of ketones is 1. The monoisotopic (exact) mass is 359 g/mol. The summed E-state index contributed by atoms with van der Waals surface area (Å²) in [7, 11) is 1.31. The summed E-state index contributed by atoms with van der Waals surface area (Å²) < 4.78 is 4.86. The predicted octanol–water partition coefficient (Wildman–Crippen LogP) is 3.40. The van der Waals surface area contributed by atoms with Gasteiger partial charge in [0.15, 0.2) is 5.78 Å². The molecule has 4 rings (SSSR count). The Kier molecular flexibility index (Phi) is 4.38. The number of pyridine rings is 2. The van der Waals surface area contributed by atoms with Gasteiger partial charge in [-0.3, -0.25) is 14.8 Å². The zero-order chi connectivity index (χ0) is 18.8. The normalized spacial score (nSPS) is 18.3. The van der Waals surface area contributed by atoms with E-state index in [9.17, 15) is 9.59 Å². The first kappa shape index (κ1) is 16.9. The SMILES string of the molecule is COC(=O)c1cccc2c1C(=O)C(c1cccnc1)C(c1cccnc1)N2. The quantitative estimate of drug-likeness (QED) is 0.722. The van der Waals surface area contributed by atoms with Gasteiger partial charge < -0.3 is 10.1 Å². The van der Waals surface area contributed by atoms with Crippen molar-refractivity contribution in [2.24, 2.45) is 0 Å². The van der Waals surface area contributed by atoms with E-state index >= 15 is 0 Å². The summed E-state index contributed by atoms with van der Waals surface area (Å²) in [4.78, 5) is 34.1. The number of esters is 1. The Balaban J connectivity index is 1.90. The number of anilines is 1. The van der Waals surface area contributed by atoms with Crippen LogP contribution < -0.4 is 5.32 Å². The summed E-state index contributed by atoms with van der Waals surface area (Å²) in [5.41, 5.74) is 2.87. The summed E-state index contributed by atoms with van der Waals surface area (Å²) >= 11 is 0. The second-order valence-corrected chi connectivity index (χ2v) is 6.26. The van der Waals surface area contributed by atoms with Gasteiger partial charge in [-0.2, -0.15) is 0 Å². The fourth-order valence-electron chi connectivity index (χ4n) is 3.52. The molecule has 1 N–H and O–H groups in total. The third-order valence-corrected chi connectivity index (χ3v) is 4.73. The number of carbonyl (C=O) groups is 2. The molecule has 134 valence electrons. The van der Waals surface area contributed by atoms with Gasteiger partial charge in [-0.15, -0.1) is 0 Å². The van der Waals surface area contributed by atoms with E-state index in [0.717, 1.165) is 11.1 Å². The third kappa shape index (κ3) is 2.95. The van der Waals surface area contributed by atoms with Gasteiger partial charge in [-0.25, -0.2) is 4.79 Å². The van der Waals surface area contributed by atoms with Crippen LogP contribution in [0.3, 0.4) is 0 Å². The fraction of sp³-hybridized carbons (Fsp3) is 0.143. The summed E-state index contributed by atoms with van der Waals surface area (Å²) in [6, 6.07) is 12.2. The number of nitrogens with zero attached hydrogens (tertiary/aromatic N) is 2. The van der Waals surface area contributed by atoms with Crippen LogP contribution in [0.5, 0.6) is 0 Å². The number of aromatic nitrogens is 2. The zero-order valence-corrected chi connectivity index (χ0v) is 14.6. The van der Waals surface area contributed by atoms with Crippen LogP contribution >= 0.6 is 0 Å². The molecule has 0 fully saturated rings. The Morgan fingerprint density at radius 1 is 1.00 bits per heavy atom. The molecule has 3 aromatic rings. The Morgan fingerprint density at radius 3 is 2.33 bits per heavy atom. The van der Waals surface area contributed by atoms with E-state index in [-0.39, 0.29) is 17.4 Å². The predicted molar refractivity (Wildman–Crippen MR) is 99.7 cm³/mol. The molecule has 0 amide bonds. The van der Waals surface area contributed by atoms with Crippen molar-refractivity contribution in [3.8, 4) is 0 Å². The van der Waals surface area contributed by atoms with Gasteiger partial charge in [0.2, 0.25) is 0 Å². The average molecular weight is 359 g/mol. The molecule has 0 radical (unpaired) electrons. The molecule has 0 saturated carbocycles. The van der Waals surface area contributed by atoms with Crippen LogP contribution in [0.25, 0.3) is 0 Å². The molecule has 0 saturated heterocycles. The van der Waals surface area contributed by atoms with E-state index in [1.807, 2.05) is 18.2 Å². The summed E-state index contributed by atoms with van der Waals surface area (Å²) in [6.45, 7) is 0. The van der Waals surface area contributed by atoms with Crippen molar-refractivity contribution in [2.45, 2.75) is 12.0 Å². The highest BCUT2D eigenvalue weighted by Gasteiger charge is 2.39. The minimum Gasteiger partial charge on any atom is -0.465 e. The molecular formula is C21H17N3O3. The second kappa shape index (κ2) is 6.99. The lowest BCUT2D eigenvalue weighted by Gasteiger charge is -2.34. The van der Waals surface area contributed by atoms with Crippen molar-refractivity contribution in [1.29, 1.82) is 0 Å². The molecule has 6 heteroatoms. The highest BCUT2D eigenvalue weighted by Crippen LogP contribution is 2.43. The fourth-order valence-corrected chi connectivity index (χ4v) is 3.52. The molecule has 0 spiro atoms. The molecule has 0 bridgehead atoms. The highest BCUT2D eigenvalue weighted by molar-refractivity contribution is 6.14. The van der Waals surface area contributed by atoms with Gasteiger partial charge >= 0.3 is 5.97 Å². The molecule has 1 aliphatic rings. The number of Topliss-reactive ketones (excluding diaryl/α,β-unsaturated/α-hetero) is 1. The summed E-state index contributed by atoms with van der Waals surface area (Å²) in [5.74, 6) is -1.22. The Bertz CT molecular complexity index is 990. The van der Waals surface area contributed by atoms with Crippen molar-refractivity contribution >= 4 is 17.4 Å². The van der Waals surface area contributed by atoms with E-state index < -0.39 is 11.9 Å². The molecule has 3 heterocycles. The number of carbonyl (C=O) groups excluding carboxylic acids is 2. The molecule has 1 aliphatic heterocycles. The average Bonchev–Trinajstić information content (AvgIpc) is 2.73. The summed E-state index contributed by atoms with van der Waals surface area (Å²) in [6.07, 6.45) is 6.77. The molecule has 2 unspecified atom stereocenters. The van der Waals surface area contributed by atoms with Gasteiger partial charge in [-0.1, -0.05) is 18.2 Å². The molecule has 0 aliphatic carbocycles. The van der Waals surface area contributed by atoms with Crippen LogP contribution in [0.4, 0.5) is 5.69 Å². The number of hydrogen-bond donors (Lipinski definition) is 1. The van der Waals surface area contributed by atoms with Crippen molar-refractivity contribution in [1.82, 2.24) is 9.97 Å². The highest BCUT2D eigenvalue weighted by atomic mass is 16.5. The van der Waals surface area contributed by atoms with Gasteiger partial charge in [-0.05, 0) is 35.4 Å². The summed E-state index contributed by atoms with van der Waals surface area (Å²) in [5, 5.41) is 3.42. The Labute approximate surface area is 156 Å². The molecule has 6 nitrogen and oxygen atoms in total. The smallest absolute Gasteiger partial charge is 0.338 e. The van der Waals surface area contributed by atoms with Crippen molar-refractivity contribution in [2.75, 3.05) is 12.4 Å². The van der Waals surface area contributed by atoms with Crippen LogP contribution in [-0.4, -0.2) is 28.8 Å². The lowest BCUT2D eigenvalue weighted by molar-refractivity contribution is 0.0596. The first-order valence-electron chi connectivity index (χ1n) is 8.52. The van der Waals surface area contributed by atoms with Crippen LogP contribution in [0, 0.1) is 0 Å². The van der Waals surface area contributed by atoms with Crippen molar-refractivity contribution in [3.63, 3.8) is 0 Å². The van der Waals surface area contributed by atoms with Crippen LogP contribution in [0.1, 0.15) is 43.8 Å². The molecule has 2 aromatic heterocycles. The maximum absolute atomic E-state index is 13.5. The zero-order valence-electron chi connectivity index (χ0n) is 14.6. The maximum atomic E-state index is 13.5. The van der Waals surface area contributed by atoms with Gasteiger partial charge in [0.25, 0.3) is 0 Å². The van der Waals surface area contributed by atoms with Crippen LogP contribution in [-0.2, 0) is 4.74 Å². The second-order valence-electron chi connectivity index (χ2n) is 6.26. The number of benzene rings is 1. The number of nitrogens with one attached hydrogen (secondary N) is 1. The molecular weight excluding hydrogens is 342 g/mol. The lowest BCUT2D eigenvalue weighted by atomic mass is 9.78. The molecule has 27 heavy (non-hydrogen) atoms. The number of ether oxygens (including phenoxy) is 1. The van der Waals surface area contributed by atoms with Gasteiger partial charge in [0.1, 0.15) is 0 Å². The van der Waals surface area contributed by atoms with Gasteiger partial charge in [0, 0.05) is 30.5 Å². The van der Waals surface area contributed by atoms with Gasteiger partial charge in [0.05, 0.1) is 30.2 Å². The molecule has 1 aromatic carbocycles. The van der Waals surface area contributed by atoms with E-state index in [2.05, 4.69) is 15.3 Å². The van der Waals surface area contributed by atoms with E-state index in [4.69, 9.17) is 4.74 Å². The van der Waals surface area contributed by atoms with Crippen molar-refractivity contribution < 1.29 is 14.3 Å². The van der Waals surface area contributed by atoms with Crippen molar-refractivity contribution in [3.05, 3.63) is 89.5 Å². The van der Waals surface area contributed by atoms with E-state index in [1.165, 1.54) is 7.11 Å². The first-order chi connectivity index (χ1) is 13.2. The third-order valence-electron chi connectivity index (χ3n) is 4.73. The maximum Gasteiger partial charge on any atom is 0.338 e. The van der Waals surface area contributed by atoms with E-state index in [0.29, 0.717) is 11.3 Å². The van der Waals surface area contributed by atoms with Crippen LogP contribution in [0.15, 0.2) is 67.3 Å². The number of methoxy groups -OCH3 is 1. The molecule has 2 atom stereocenters. The number of hydrogen-bond acceptors (Lipinski definition) is 6. The lowest BCUT2D eigenvalue weighted by Crippen LogP contribution is -2.33. The topological polar surface area (TPSA) is 81.2 Å². The Morgan fingerprint density at radius 2 is 1.70 bits per heavy atom. The first-order valence-corrected chi connectivity index (χ1v) is 8.52. The standard InChI is InChI=1S/C21H17N3O3/c1-27-21(26)15-7-2-8-16-18(15)20(25)17(13-5-3-9-22-11-13)19(24-16)14-6-4-10-23-12-14/h2-12,17,19,24H,1H3.